The first kappa shape index (κ1) is 20.4. The number of methoxy groups -OCH3 is 1. The van der Waals surface area contributed by atoms with Gasteiger partial charge in [0, 0.05) is 23.5 Å². The van der Waals surface area contributed by atoms with Crippen molar-refractivity contribution < 1.29 is 13.9 Å². The van der Waals surface area contributed by atoms with Crippen molar-refractivity contribution in [2.45, 2.75) is 31.3 Å². The molecule has 3 aromatic rings. The number of tetrazole rings is 1. The Morgan fingerprint density at radius 2 is 2.07 bits per heavy atom. The number of carbonyl (C=O) groups excluding carboxylic acids is 1. The highest BCUT2D eigenvalue weighted by atomic mass is 35.5. The van der Waals surface area contributed by atoms with Gasteiger partial charge in [-0.15, -0.1) is 5.10 Å². The van der Waals surface area contributed by atoms with Gasteiger partial charge in [-0.2, -0.15) is 0 Å². The fraction of sp³-hybridized carbons (Fsp3) is 0.333. The number of esters is 1. The quantitative estimate of drug-likeness (QED) is 0.605. The largest absolute Gasteiger partial charge is 0.469 e. The monoisotopic (exact) mass is 429 g/mol. The van der Waals surface area contributed by atoms with Crippen LogP contribution in [0.5, 0.6) is 0 Å². The van der Waals surface area contributed by atoms with Crippen LogP contribution in [0.3, 0.4) is 0 Å². The molecule has 156 valence electrons. The van der Waals surface area contributed by atoms with Crippen LogP contribution < -0.4 is 5.32 Å². The molecule has 1 aromatic heterocycles. The minimum Gasteiger partial charge on any atom is -0.469 e. The average molecular weight is 430 g/mol. The summed E-state index contributed by atoms with van der Waals surface area (Å²) in [6.45, 7) is 0.505. The summed E-state index contributed by atoms with van der Waals surface area (Å²) in [4.78, 5) is 12.3. The molecule has 1 N–H and O–H groups in total. The van der Waals surface area contributed by atoms with Crippen molar-refractivity contribution in [2.75, 3.05) is 7.11 Å². The van der Waals surface area contributed by atoms with Gasteiger partial charge < -0.3 is 10.1 Å². The summed E-state index contributed by atoms with van der Waals surface area (Å²) < 4.78 is 20.0. The molecule has 1 saturated carbocycles. The number of rotatable bonds is 6. The van der Waals surface area contributed by atoms with Crippen LogP contribution in [-0.2, 0) is 16.1 Å². The average Bonchev–Trinajstić information content (AvgIpc) is 3.43. The molecule has 1 aliphatic rings. The van der Waals surface area contributed by atoms with Crippen molar-refractivity contribution >= 4 is 17.6 Å². The first-order chi connectivity index (χ1) is 14.6. The van der Waals surface area contributed by atoms with E-state index < -0.39 is 0 Å². The van der Waals surface area contributed by atoms with Crippen LogP contribution in [0.2, 0.25) is 5.02 Å². The number of halogens is 2. The Kier molecular flexibility index (Phi) is 6.06. The van der Waals surface area contributed by atoms with Gasteiger partial charge in [-0.25, -0.2) is 9.07 Å². The molecule has 0 radical (unpaired) electrons. The van der Waals surface area contributed by atoms with Crippen molar-refractivity contribution in [2.24, 2.45) is 5.92 Å². The van der Waals surface area contributed by atoms with Gasteiger partial charge in [-0.05, 0) is 64.7 Å². The summed E-state index contributed by atoms with van der Waals surface area (Å²) in [5.74, 6) is -0.935. The molecule has 0 spiro atoms. The van der Waals surface area contributed by atoms with Gasteiger partial charge in [0.1, 0.15) is 12.1 Å². The minimum absolute atomic E-state index is 0.0207. The molecule has 4 rings (SSSR count). The van der Waals surface area contributed by atoms with E-state index in [1.54, 1.807) is 22.9 Å². The Labute approximate surface area is 178 Å². The van der Waals surface area contributed by atoms with Crippen molar-refractivity contribution in [3.8, 4) is 5.69 Å². The van der Waals surface area contributed by atoms with E-state index in [0.29, 0.717) is 18.0 Å². The Morgan fingerprint density at radius 3 is 2.77 bits per heavy atom. The highest BCUT2D eigenvalue weighted by Gasteiger charge is 2.41. The molecule has 1 fully saturated rings. The van der Waals surface area contributed by atoms with E-state index in [0.717, 1.165) is 23.2 Å². The molecule has 3 atom stereocenters. The first-order valence-corrected chi connectivity index (χ1v) is 10.0. The number of ether oxygens (including phenoxy) is 1. The number of aromatic nitrogens is 4. The number of nitrogens with one attached hydrogen (secondary N) is 1. The molecule has 1 aliphatic carbocycles. The summed E-state index contributed by atoms with van der Waals surface area (Å²) >= 11 is 6.40. The van der Waals surface area contributed by atoms with Crippen LogP contribution in [0.4, 0.5) is 4.39 Å². The van der Waals surface area contributed by atoms with Crippen LogP contribution in [0.25, 0.3) is 5.69 Å². The summed E-state index contributed by atoms with van der Waals surface area (Å²) in [5, 5.41) is 15.4. The first-order valence-electron chi connectivity index (χ1n) is 9.65. The summed E-state index contributed by atoms with van der Waals surface area (Å²) in [7, 11) is 1.40. The van der Waals surface area contributed by atoms with E-state index in [9.17, 15) is 9.18 Å². The lowest BCUT2D eigenvalue weighted by Gasteiger charge is -2.25. The number of nitrogens with zero attached hydrogens (tertiary/aromatic N) is 4. The van der Waals surface area contributed by atoms with Crippen molar-refractivity contribution in [1.29, 1.82) is 0 Å². The lowest BCUT2D eigenvalue weighted by atomic mass is 9.86. The maximum atomic E-state index is 13.4. The second-order valence-corrected chi connectivity index (χ2v) is 7.71. The van der Waals surface area contributed by atoms with Gasteiger partial charge in [0.05, 0.1) is 18.7 Å². The van der Waals surface area contributed by atoms with E-state index in [-0.39, 0.29) is 29.7 Å². The zero-order valence-electron chi connectivity index (χ0n) is 16.3. The second kappa shape index (κ2) is 8.89. The predicted octanol–water partition coefficient (Wildman–Crippen LogP) is 3.28. The minimum atomic E-state index is -0.304. The number of carbonyl (C=O) groups is 1. The Morgan fingerprint density at radius 1 is 1.27 bits per heavy atom. The molecule has 0 saturated heterocycles. The molecule has 7 nitrogen and oxygen atoms in total. The highest BCUT2D eigenvalue weighted by molar-refractivity contribution is 6.31. The third kappa shape index (κ3) is 4.20. The molecule has 0 unspecified atom stereocenters. The molecule has 0 amide bonds. The lowest BCUT2D eigenvalue weighted by Crippen LogP contribution is -2.34. The summed E-state index contributed by atoms with van der Waals surface area (Å²) in [6, 6.07) is 11.9. The van der Waals surface area contributed by atoms with E-state index in [4.69, 9.17) is 16.3 Å². The van der Waals surface area contributed by atoms with Crippen LogP contribution in [0.15, 0.2) is 48.8 Å². The Bertz CT molecular complexity index is 1010. The van der Waals surface area contributed by atoms with Crippen LogP contribution in [-0.4, -0.2) is 39.3 Å². The molecular weight excluding hydrogens is 409 g/mol. The van der Waals surface area contributed by atoms with Crippen molar-refractivity contribution in [1.82, 2.24) is 25.5 Å². The van der Waals surface area contributed by atoms with Crippen LogP contribution in [0, 0.1) is 11.7 Å². The van der Waals surface area contributed by atoms with Gasteiger partial charge in [0.2, 0.25) is 0 Å². The zero-order chi connectivity index (χ0) is 21.1. The predicted molar refractivity (Wildman–Crippen MR) is 109 cm³/mol. The van der Waals surface area contributed by atoms with E-state index in [1.807, 2.05) is 12.1 Å². The SMILES string of the molecule is COC(=O)[C@H]1CC[C@H](NCc2cc(-n3cnnn3)ccc2Cl)[C@@H]1c1ccc(F)cc1. The molecule has 9 heteroatoms. The van der Waals surface area contributed by atoms with E-state index in [1.165, 1.54) is 25.6 Å². The van der Waals surface area contributed by atoms with Crippen molar-refractivity contribution in [3.05, 3.63) is 70.8 Å². The van der Waals surface area contributed by atoms with Gasteiger partial charge in [-0.3, -0.25) is 4.79 Å². The molecule has 1 heterocycles. The summed E-state index contributed by atoms with van der Waals surface area (Å²) in [6.07, 6.45) is 3.01. The van der Waals surface area contributed by atoms with E-state index >= 15 is 0 Å². The van der Waals surface area contributed by atoms with Gasteiger partial charge in [-0.1, -0.05) is 23.7 Å². The van der Waals surface area contributed by atoms with Crippen molar-refractivity contribution in [3.63, 3.8) is 0 Å². The van der Waals surface area contributed by atoms with Gasteiger partial charge >= 0.3 is 5.97 Å². The molecular formula is C21H21ClFN5O2. The number of benzene rings is 2. The second-order valence-electron chi connectivity index (χ2n) is 7.30. The fourth-order valence-corrected chi connectivity index (χ4v) is 4.34. The topological polar surface area (TPSA) is 81.9 Å². The fourth-order valence-electron chi connectivity index (χ4n) is 4.15. The highest BCUT2D eigenvalue weighted by Crippen LogP contribution is 2.41. The Hall–Kier alpha value is -2.84. The third-order valence-electron chi connectivity index (χ3n) is 5.61. The molecule has 0 bridgehead atoms. The Balaban J connectivity index is 1.55. The van der Waals surface area contributed by atoms with Gasteiger partial charge in [0.25, 0.3) is 0 Å². The maximum Gasteiger partial charge on any atom is 0.309 e. The van der Waals surface area contributed by atoms with E-state index in [2.05, 4.69) is 20.8 Å². The molecule has 2 aromatic carbocycles. The third-order valence-corrected chi connectivity index (χ3v) is 5.98. The van der Waals surface area contributed by atoms with Crippen LogP contribution in [0.1, 0.15) is 29.9 Å². The number of hydrogen-bond donors (Lipinski definition) is 1. The molecule has 0 aliphatic heterocycles. The molecule has 30 heavy (non-hydrogen) atoms. The summed E-state index contributed by atoms with van der Waals surface area (Å²) in [5.41, 5.74) is 2.61. The smallest absolute Gasteiger partial charge is 0.309 e. The van der Waals surface area contributed by atoms with Gasteiger partial charge in [0.15, 0.2) is 0 Å². The van der Waals surface area contributed by atoms with Crippen LogP contribution >= 0.6 is 11.6 Å². The lowest BCUT2D eigenvalue weighted by molar-refractivity contribution is -0.145. The normalized spacial score (nSPS) is 21.0. The standard InChI is InChI=1S/C21H21ClFN5O2/c1-30-21(29)17-7-9-19(20(17)13-2-4-15(23)5-3-13)24-11-14-10-16(6-8-18(14)22)28-12-25-26-27-28/h2-6,8,10,12,17,19-20,24H,7,9,11H2,1H3/t17-,19-,20+/m0/s1. The number of hydrogen-bond acceptors (Lipinski definition) is 6. The zero-order valence-corrected chi connectivity index (χ0v) is 17.1. The maximum absolute atomic E-state index is 13.4.